The molecular formula is C8H6BrFN2. The van der Waals surface area contributed by atoms with Crippen LogP contribution in [0.2, 0.25) is 0 Å². The molecule has 0 atom stereocenters. The summed E-state index contributed by atoms with van der Waals surface area (Å²) in [7, 11) is 0. The number of rotatable bonds is 1. The first-order valence-electron chi connectivity index (χ1n) is 3.25. The van der Waals surface area contributed by atoms with Crippen LogP contribution in [0, 0.1) is 17.1 Å². The van der Waals surface area contributed by atoms with Crippen LogP contribution in [-0.2, 0) is 6.42 Å². The highest BCUT2D eigenvalue weighted by Gasteiger charge is 2.05. The van der Waals surface area contributed by atoms with Crippen LogP contribution in [0.15, 0.2) is 16.6 Å². The van der Waals surface area contributed by atoms with E-state index in [0.29, 0.717) is 10.0 Å². The summed E-state index contributed by atoms with van der Waals surface area (Å²) in [5.41, 5.74) is 5.96. The Kier molecular flexibility index (Phi) is 2.66. The molecule has 0 fully saturated rings. The number of nitrogens with zero attached hydrogens (tertiary/aromatic N) is 1. The molecule has 2 nitrogen and oxygen atoms in total. The number of benzene rings is 1. The van der Waals surface area contributed by atoms with Gasteiger partial charge < -0.3 is 5.73 Å². The number of anilines is 1. The first-order valence-corrected chi connectivity index (χ1v) is 4.05. The van der Waals surface area contributed by atoms with Crippen LogP contribution < -0.4 is 5.73 Å². The summed E-state index contributed by atoms with van der Waals surface area (Å²) in [5.74, 6) is -0.491. The third kappa shape index (κ3) is 1.74. The smallest absolute Gasteiger partial charge is 0.147 e. The molecule has 0 radical (unpaired) electrons. The zero-order valence-corrected chi connectivity index (χ0v) is 7.73. The minimum Gasteiger partial charge on any atom is -0.396 e. The number of hydrogen-bond acceptors (Lipinski definition) is 2. The van der Waals surface area contributed by atoms with Crippen LogP contribution in [0.25, 0.3) is 0 Å². The van der Waals surface area contributed by atoms with Crippen molar-refractivity contribution >= 4 is 21.6 Å². The molecule has 1 rings (SSSR count). The topological polar surface area (TPSA) is 49.8 Å². The molecule has 0 aliphatic heterocycles. The first-order chi connectivity index (χ1) is 5.65. The second-order valence-electron chi connectivity index (χ2n) is 2.30. The Bertz CT molecular complexity index is 344. The van der Waals surface area contributed by atoms with Crippen molar-refractivity contribution in [3.05, 3.63) is 28.0 Å². The Morgan fingerprint density at radius 2 is 2.25 bits per heavy atom. The van der Waals surface area contributed by atoms with Crippen molar-refractivity contribution in [2.24, 2.45) is 0 Å². The fourth-order valence-electron chi connectivity index (χ4n) is 0.869. The molecule has 1 aromatic rings. The quantitative estimate of drug-likeness (QED) is 0.750. The van der Waals surface area contributed by atoms with Gasteiger partial charge in [0.25, 0.3) is 0 Å². The summed E-state index contributed by atoms with van der Waals surface area (Å²) in [6, 6.07) is 4.83. The van der Waals surface area contributed by atoms with E-state index < -0.39 is 5.82 Å². The molecule has 4 heteroatoms. The third-order valence-corrected chi connectivity index (χ3v) is 1.91. The summed E-state index contributed by atoms with van der Waals surface area (Å²) in [6.07, 6.45) is 0.127. The molecular weight excluding hydrogens is 223 g/mol. The van der Waals surface area contributed by atoms with E-state index >= 15 is 0 Å². The van der Waals surface area contributed by atoms with Gasteiger partial charge in [0.1, 0.15) is 5.82 Å². The average Bonchev–Trinajstić information content (AvgIpc) is 2.00. The molecule has 0 bridgehead atoms. The molecule has 0 saturated carbocycles. The third-order valence-electron chi connectivity index (χ3n) is 1.45. The highest BCUT2D eigenvalue weighted by Crippen LogP contribution is 2.22. The first kappa shape index (κ1) is 9.01. The van der Waals surface area contributed by atoms with E-state index in [4.69, 9.17) is 11.0 Å². The van der Waals surface area contributed by atoms with E-state index in [1.165, 1.54) is 6.07 Å². The van der Waals surface area contributed by atoms with Gasteiger partial charge in [-0.1, -0.05) is 15.9 Å². The van der Waals surface area contributed by atoms with E-state index in [2.05, 4.69) is 15.9 Å². The van der Waals surface area contributed by atoms with Gasteiger partial charge in [0.2, 0.25) is 0 Å². The van der Waals surface area contributed by atoms with E-state index in [9.17, 15) is 4.39 Å². The standard InChI is InChI=1S/C8H6BrFN2/c9-6-3-5(1-2-11)8(12)7(10)4-6/h3-4H,1,12H2. The van der Waals surface area contributed by atoms with E-state index in [1.807, 2.05) is 6.07 Å². The summed E-state index contributed by atoms with van der Waals surface area (Å²) in [4.78, 5) is 0. The Labute approximate surface area is 77.9 Å². The number of halogens is 2. The maximum Gasteiger partial charge on any atom is 0.147 e. The number of hydrogen-bond donors (Lipinski definition) is 1. The predicted molar refractivity (Wildman–Crippen MR) is 47.8 cm³/mol. The lowest BCUT2D eigenvalue weighted by Crippen LogP contribution is -1.97. The van der Waals surface area contributed by atoms with Gasteiger partial charge in [0, 0.05) is 4.47 Å². The average molecular weight is 229 g/mol. The molecule has 0 aliphatic rings. The Morgan fingerprint density at radius 1 is 1.58 bits per heavy atom. The Balaban J connectivity index is 3.20. The summed E-state index contributed by atoms with van der Waals surface area (Å²) in [6.45, 7) is 0. The molecule has 12 heavy (non-hydrogen) atoms. The lowest BCUT2D eigenvalue weighted by molar-refractivity contribution is 0.630. The second kappa shape index (κ2) is 3.55. The summed E-state index contributed by atoms with van der Waals surface area (Å²) in [5, 5.41) is 8.38. The van der Waals surface area contributed by atoms with Crippen molar-refractivity contribution in [1.82, 2.24) is 0 Å². The molecule has 0 aromatic heterocycles. The zero-order valence-electron chi connectivity index (χ0n) is 6.14. The van der Waals surface area contributed by atoms with E-state index in [-0.39, 0.29) is 12.1 Å². The molecule has 2 N–H and O–H groups in total. The van der Waals surface area contributed by atoms with Crippen LogP contribution in [0.4, 0.5) is 10.1 Å². The Hall–Kier alpha value is -1.08. The van der Waals surface area contributed by atoms with Crippen molar-refractivity contribution in [2.75, 3.05) is 5.73 Å². The lowest BCUT2D eigenvalue weighted by Gasteiger charge is -2.02. The molecule has 62 valence electrons. The Morgan fingerprint density at radius 3 is 2.83 bits per heavy atom. The molecule has 0 unspecified atom stereocenters. The number of nitriles is 1. The highest BCUT2D eigenvalue weighted by molar-refractivity contribution is 9.10. The minimum atomic E-state index is -0.491. The van der Waals surface area contributed by atoms with Crippen LogP contribution in [-0.4, -0.2) is 0 Å². The van der Waals surface area contributed by atoms with Crippen molar-refractivity contribution in [2.45, 2.75) is 6.42 Å². The fraction of sp³-hybridized carbons (Fsp3) is 0.125. The SMILES string of the molecule is N#CCc1cc(Br)cc(F)c1N. The van der Waals surface area contributed by atoms with Crippen LogP contribution in [0.5, 0.6) is 0 Å². The van der Waals surface area contributed by atoms with Gasteiger partial charge in [-0.25, -0.2) is 4.39 Å². The van der Waals surface area contributed by atoms with Gasteiger partial charge in [-0.2, -0.15) is 5.26 Å². The van der Waals surface area contributed by atoms with Crippen molar-refractivity contribution in [1.29, 1.82) is 5.26 Å². The lowest BCUT2D eigenvalue weighted by atomic mass is 10.1. The van der Waals surface area contributed by atoms with Gasteiger partial charge in [-0.3, -0.25) is 0 Å². The van der Waals surface area contributed by atoms with Crippen molar-refractivity contribution in [3.8, 4) is 6.07 Å². The van der Waals surface area contributed by atoms with E-state index in [1.54, 1.807) is 6.07 Å². The van der Waals surface area contributed by atoms with Gasteiger partial charge >= 0.3 is 0 Å². The van der Waals surface area contributed by atoms with Crippen LogP contribution in [0.1, 0.15) is 5.56 Å². The number of nitrogens with two attached hydrogens (primary N) is 1. The number of nitrogen functional groups attached to an aromatic ring is 1. The highest BCUT2D eigenvalue weighted by atomic mass is 79.9. The van der Waals surface area contributed by atoms with Gasteiger partial charge in [0.15, 0.2) is 0 Å². The second-order valence-corrected chi connectivity index (χ2v) is 3.21. The van der Waals surface area contributed by atoms with Gasteiger partial charge in [0.05, 0.1) is 18.2 Å². The van der Waals surface area contributed by atoms with Crippen LogP contribution in [0.3, 0.4) is 0 Å². The summed E-state index contributed by atoms with van der Waals surface area (Å²) < 4.78 is 13.5. The molecule has 0 heterocycles. The van der Waals surface area contributed by atoms with Crippen LogP contribution >= 0.6 is 15.9 Å². The largest absolute Gasteiger partial charge is 0.396 e. The molecule has 1 aromatic carbocycles. The van der Waals surface area contributed by atoms with Gasteiger partial charge in [-0.15, -0.1) is 0 Å². The molecule has 0 spiro atoms. The maximum absolute atomic E-state index is 12.9. The van der Waals surface area contributed by atoms with E-state index in [0.717, 1.165) is 0 Å². The molecule has 0 aliphatic carbocycles. The molecule has 0 amide bonds. The molecule has 0 saturated heterocycles. The predicted octanol–water partition coefficient (Wildman–Crippen LogP) is 2.24. The van der Waals surface area contributed by atoms with Crippen molar-refractivity contribution < 1.29 is 4.39 Å². The monoisotopic (exact) mass is 228 g/mol. The maximum atomic E-state index is 12.9. The van der Waals surface area contributed by atoms with Crippen molar-refractivity contribution in [3.63, 3.8) is 0 Å². The normalized spacial score (nSPS) is 9.42. The zero-order chi connectivity index (χ0) is 9.14. The fourth-order valence-corrected chi connectivity index (χ4v) is 1.35. The summed E-state index contributed by atoms with van der Waals surface area (Å²) >= 11 is 3.11. The van der Waals surface area contributed by atoms with Gasteiger partial charge in [-0.05, 0) is 17.7 Å². The minimum absolute atomic E-state index is 0.0553.